The molecule has 1 aromatic rings. The zero-order chi connectivity index (χ0) is 12.0. The summed E-state index contributed by atoms with van der Waals surface area (Å²) in [5, 5.41) is 3.15. The van der Waals surface area contributed by atoms with Gasteiger partial charge >= 0.3 is 5.97 Å². The highest BCUT2D eigenvalue weighted by Gasteiger charge is 2.05. The molecule has 0 aromatic carbocycles. The minimum Gasteiger partial charge on any atom is -0.469 e. The summed E-state index contributed by atoms with van der Waals surface area (Å²) < 4.78 is 4.59. The summed E-state index contributed by atoms with van der Waals surface area (Å²) in [5.74, 6) is -0.178. The van der Waals surface area contributed by atoms with Gasteiger partial charge in [0.15, 0.2) is 0 Å². The maximum Gasteiger partial charge on any atom is 0.305 e. The van der Waals surface area contributed by atoms with Crippen molar-refractivity contribution in [2.24, 2.45) is 0 Å². The molecule has 1 heterocycles. The van der Waals surface area contributed by atoms with Crippen LogP contribution in [0, 0.1) is 0 Å². The molecule has 1 aromatic heterocycles. The monoisotopic (exact) mass is 242 g/mol. The van der Waals surface area contributed by atoms with Crippen LogP contribution in [-0.4, -0.2) is 43.6 Å². The Morgan fingerprint density at radius 2 is 2.25 bits per heavy atom. The van der Waals surface area contributed by atoms with Crippen LogP contribution in [0.15, 0.2) is 5.38 Å². The normalized spacial score (nSPS) is 10.8. The van der Waals surface area contributed by atoms with Gasteiger partial charge in [-0.15, -0.1) is 11.3 Å². The Labute approximate surface area is 100 Å². The van der Waals surface area contributed by atoms with E-state index in [1.165, 1.54) is 7.11 Å². The van der Waals surface area contributed by atoms with Crippen LogP contribution >= 0.6 is 11.3 Å². The number of carbonyl (C=O) groups excluding carboxylic acids is 1. The van der Waals surface area contributed by atoms with Crippen molar-refractivity contribution in [3.8, 4) is 0 Å². The number of carbonyl (C=O) groups is 1. The number of aromatic nitrogens is 1. The fraction of sp³-hybridized carbons (Fsp3) is 0.636. The van der Waals surface area contributed by atoms with E-state index in [-0.39, 0.29) is 5.97 Å². The first kappa shape index (κ1) is 13.1. The smallest absolute Gasteiger partial charge is 0.305 e. The number of hydrogen-bond acceptors (Lipinski definition) is 5. The fourth-order valence-electron chi connectivity index (χ4n) is 1.23. The summed E-state index contributed by atoms with van der Waals surface area (Å²) in [6, 6.07) is 0. The molecule has 4 nitrogen and oxygen atoms in total. The van der Waals surface area contributed by atoms with Gasteiger partial charge in [0.05, 0.1) is 24.2 Å². The predicted octanol–water partition coefficient (Wildman–Crippen LogP) is 1.35. The topological polar surface area (TPSA) is 42.4 Å². The Balaban J connectivity index is 2.36. The predicted molar refractivity (Wildman–Crippen MR) is 64.7 cm³/mol. The van der Waals surface area contributed by atoms with Crippen LogP contribution in [0.3, 0.4) is 0 Å². The minimum atomic E-state index is -0.178. The SMILES string of the molecule is COC(=O)CCc1csc(CCN(C)C)n1. The van der Waals surface area contributed by atoms with Gasteiger partial charge in [-0.05, 0) is 14.1 Å². The van der Waals surface area contributed by atoms with Gasteiger partial charge in [-0.3, -0.25) is 4.79 Å². The number of thiazole rings is 1. The van der Waals surface area contributed by atoms with E-state index >= 15 is 0 Å². The van der Waals surface area contributed by atoms with E-state index in [1.54, 1.807) is 11.3 Å². The number of aryl methyl sites for hydroxylation is 1. The Bertz CT molecular complexity index is 336. The van der Waals surface area contributed by atoms with Crippen molar-refractivity contribution < 1.29 is 9.53 Å². The molecule has 0 fully saturated rings. The third kappa shape index (κ3) is 4.72. The molecule has 0 unspecified atom stereocenters. The summed E-state index contributed by atoms with van der Waals surface area (Å²) in [5.41, 5.74) is 0.990. The van der Waals surface area contributed by atoms with Crippen LogP contribution < -0.4 is 0 Å². The third-order valence-electron chi connectivity index (χ3n) is 2.19. The van der Waals surface area contributed by atoms with E-state index in [2.05, 4.69) is 14.6 Å². The van der Waals surface area contributed by atoms with Gasteiger partial charge in [-0.25, -0.2) is 4.98 Å². The van der Waals surface area contributed by atoms with Crippen LogP contribution in [0.2, 0.25) is 0 Å². The Morgan fingerprint density at radius 3 is 2.88 bits per heavy atom. The van der Waals surface area contributed by atoms with Crippen LogP contribution in [0.25, 0.3) is 0 Å². The molecule has 0 amide bonds. The first-order valence-corrected chi connectivity index (χ1v) is 6.14. The van der Waals surface area contributed by atoms with Gasteiger partial charge in [0, 0.05) is 24.8 Å². The quantitative estimate of drug-likeness (QED) is 0.706. The highest BCUT2D eigenvalue weighted by molar-refractivity contribution is 7.09. The van der Waals surface area contributed by atoms with E-state index in [1.807, 2.05) is 19.5 Å². The maximum absolute atomic E-state index is 11.0. The molecular weight excluding hydrogens is 224 g/mol. The van der Waals surface area contributed by atoms with Crippen molar-refractivity contribution in [2.45, 2.75) is 19.3 Å². The van der Waals surface area contributed by atoms with Crippen LogP contribution in [-0.2, 0) is 22.4 Å². The summed E-state index contributed by atoms with van der Waals surface area (Å²) in [4.78, 5) is 17.6. The van der Waals surface area contributed by atoms with Gasteiger partial charge in [0.25, 0.3) is 0 Å². The Hall–Kier alpha value is -0.940. The molecule has 0 aliphatic rings. The van der Waals surface area contributed by atoms with Crippen LogP contribution in [0.4, 0.5) is 0 Å². The molecule has 0 N–H and O–H groups in total. The Kier molecular flexibility index (Phi) is 5.42. The number of methoxy groups -OCH3 is 1. The second-order valence-electron chi connectivity index (χ2n) is 3.86. The molecular formula is C11H18N2O2S. The summed E-state index contributed by atoms with van der Waals surface area (Å²) in [7, 11) is 5.50. The number of rotatable bonds is 6. The molecule has 0 bridgehead atoms. The average molecular weight is 242 g/mol. The van der Waals surface area contributed by atoms with E-state index in [9.17, 15) is 4.79 Å². The van der Waals surface area contributed by atoms with Gasteiger partial charge < -0.3 is 9.64 Å². The van der Waals surface area contributed by atoms with Crippen LogP contribution in [0.1, 0.15) is 17.1 Å². The molecule has 0 atom stereocenters. The zero-order valence-corrected chi connectivity index (χ0v) is 10.8. The second-order valence-corrected chi connectivity index (χ2v) is 4.80. The maximum atomic E-state index is 11.0. The van der Waals surface area contributed by atoms with Gasteiger partial charge in [0.2, 0.25) is 0 Å². The molecule has 5 heteroatoms. The number of nitrogens with zero attached hydrogens (tertiary/aromatic N) is 2. The van der Waals surface area contributed by atoms with Crippen molar-refractivity contribution in [3.63, 3.8) is 0 Å². The molecule has 0 radical (unpaired) electrons. The van der Waals surface area contributed by atoms with Crippen LogP contribution in [0.5, 0.6) is 0 Å². The van der Waals surface area contributed by atoms with Crippen molar-refractivity contribution in [1.82, 2.24) is 9.88 Å². The lowest BCUT2D eigenvalue weighted by atomic mass is 10.2. The molecule has 0 aliphatic heterocycles. The fourth-order valence-corrected chi connectivity index (χ4v) is 2.05. The number of hydrogen-bond donors (Lipinski definition) is 0. The van der Waals surface area contributed by atoms with E-state index in [0.29, 0.717) is 12.8 Å². The van der Waals surface area contributed by atoms with Crippen molar-refractivity contribution >= 4 is 17.3 Å². The first-order chi connectivity index (χ1) is 7.61. The average Bonchev–Trinajstić information content (AvgIpc) is 2.71. The second kappa shape index (κ2) is 6.60. The lowest BCUT2D eigenvalue weighted by molar-refractivity contribution is -0.140. The molecule has 0 saturated carbocycles. The molecule has 16 heavy (non-hydrogen) atoms. The van der Waals surface area contributed by atoms with Gasteiger partial charge in [0.1, 0.15) is 0 Å². The van der Waals surface area contributed by atoms with Gasteiger partial charge in [-0.2, -0.15) is 0 Å². The first-order valence-electron chi connectivity index (χ1n) is 5.26. The molecule has 90 valence electrons. The van der Waals surface area contributed by atoms with Crippen molar-refractivity contribution in [2.75, 3.05) is 27.7 Å². The molecule has 0 aliphatic carbocycles. The lowest BCUT2D eigenvalue weighted by Gasteiger charge is -2.06. The largest absolute Gasteiger partial charge is 0.469 e. The lowest BCUT2D eigenvalue weighted by Crippen LogP contribution is -2.14. The summed E-state index contributed by atoms with van der Waals surface area (Å²) >= 11 is 1.66. The minimum absolute atomic E-state index is 0.178. The third-order valence-corrected chi connectivity index (χ3v) is 3.14. The van der Waals surface area contributed by atoms with E-state index in [4.69, 9.17) is 0 Å². The highest BCUT2D eigenvalue weighted by Crippen LogP contribution is 2.12. The van der Waals surface area contributed by atoms with Gasteiger partial charge in [-0.1, -0.05) is 0 Å². The number of likely N-dealkylation sites (N-methyl/N-ethyl adjacent to an activating group) is 1. The van der Waals surface area contributed by atoms with E-state index in [0.717, 1.165) is 23.7 Å². The van der Waals surface area contributed by atoms with Crippen molar-refractivity contribution in [1.29, 1.82) is 0 Å². The number of ether oxygens (including phenoxy) is 1. The van der Waals surface area contributed by atoms with E-state index < -0.39 is 0 Å². The standard InChI is InChI=1S/C11H18N2O2S/c1-13(2)7-6-10-12-9(8-16-10)4-5-11(14)15-3/h8H,4-7H2,1-3H3. The molecule has 0 saturated heterocycles. The number of esters is 1. The molecule has 1 rings (SSSR count). The zero-order valence-electron chi connectivity index (χ0n) is 10.0. The molecule has 0 spiro atoms. The summed E-state index contributed by atoms with van der Waals surface area (Å²) in [6.07, 6.45) is 2.05. The summed E-state index contributed by atoms with van der Waals surface area (Å²) in [6.45, 7) is 1.00. The van der Waals surface area contributed by atoms with Crippen molar-refractivity contribution in [3.05, 3.63) is 16.1 Å². The Morgan fingerprint density at radius 1 is 1.50 bits per heavy atom. The highest BCUT2D eigenvalue weighted by atomic mass is 32.1.